The maximum atomic E-state index is 5.41. The van der Waals surface area contributed by atoms with E-state index in [1.807, 2.05) is 13.8 Å². The van der Waals surface area contributed by atoms with Gasteiger partial charge in [-0.05, 0) is 13.8 Å². The Labute approximate surface area is 55.7 Å². The molecule has 9 heavy (non-hydrogen) atoms. The predicted octanol–water partition coefficient (Wildman–Crippen LogP) is 0.170. The van der Waals surface area contributed by atoms with Gasteiger partial charge in [-0.25, -0.2) is 0 Å². The fraction of sp³-hybridized carbons (Fsp3) is 0.667. The molecule has 0 saturated carbocycles. The largest absolute Gasteiger partial charge is 0.403 e. The zero-order valence-corrected chi connectivity index (χ0v) is 5.92. The van der Waals surface area contributed by atoms with Crippen LogP contribution in [-0.2, 0) is 4.74 Å². The highest BCUT2D eigenvalue weighted by Gasteiger charge is 2.01. The summed E-state index contributed by atoms with van der Waals surface area (Å²) in [5.74, 6) is 0. The first-order valence-electron chi connectivity index (χ1n) is 3.01. The first-order valence-corrected chi connectivity index (χ1v) is 3.01. The van der Waals surface area contributed by atoms with Gasteiger partial charge in [-0.2, -0.15) is 0 Å². The smallest absolute Gasteiger partial charge is 0.0953 e. The van der Waals surface area contributed by atoms with E-state index in [1.165, 1.54) is 6.20 Å². The summed E-state index contributed by atoms with van der Waals surface area (Å²) in [6.45, 7) is 4.44. The summed E-state index contributed by atoms with van der Waals surface area (Å²) in [6, 6.07) is 0. The Hall–Kier alpha value is -0.700. The molecule has 0 aliphatic rings. The molecule has 0 saturated heterocycles. The van der Waals surface area contributed by atoms with Crippen LogP contribution in [0.3, 0.4) is 0 Å². The van der Waals surface area contributed by atoms with Crippen LogP contribution in [0.25, 0.3) is 0 Å². The van der Waals surface area contributed by atoms with E-state index >= 15 is 0 Å². The molecule has 3 nitrogen and oxygen atoms in total. The van der Waals surface area contributed by atoms with Crippen molar-refractivity contribution in [3.63, 3.8) is 0 Å². The third-order valence-corrected chi connectivity index (χ3v) is 1.08. The van der Waals surface area contributed by atoms with E-state index in [0.29, 0.717) is 12.3 Å². The van der Waals surface area contributed by atoms with Gasteiger partial charge in [0.1, 0.15) is 0 Å². The number of hydrogen-bond donors (Lipinski definition) is 2. The molecule has 0 amide bonds. The Morgan fingerprint density at radius 2 is 2.33 bits per heavy atom. The molecule has 0 unspecified atom stereocenters. The van der Waals surface area contributed by atoms with Crippen LogP contribution in [0.4, 0.5) is 0 Å². The van der Waals surface area contributed by atoms with Crippen molar-refractivity contribution < 1.29 is 4.74 Å². The van der Waals surface area contributed by atoms with Crippen LogP contribution in [0.1, 0.15) is 13.8 Å². The van der Waals surface area contributed by atoms with E-state index in [2.05, 4.69) is 0 Å². The van der Waals surface area contributed by atoms with E-state index in [-0.39, 0.29) is 6.10 Å². The molecule has 3 heteroatoms. The maximum Gasteiger partial charge on any atom is 0.0953 e. The average molecular weight is 130 g/mol. The molecule has 0 heterocycles. The molecule has 0 radical (unpaired) electrons. The third-order valence-electron chi connectivity index (χ3n) is 1.08. The fourth-order valence-electron chi connectivity index (χ4n) is 0.482. The average Bonchev–Trinajstić information content (AvgIpc) is 1.87. The normalized spacial score (nSPS) is 15.6. The lowest BCUT2D eigenvalue weighted by Crippen LogP contribution is -2.18. The summed E-state index contributed by atoms with van der Waals surface area (Å²) in [5, 5.41) is 0. The molecule has 54 valence electrons. The minimum atomic E-state index is -0.0556. The van der Waals surface area contributed by atoms with Crippen molar-refractivity contribution in [3.8, 4) is 0 Å². The number of nitrogens with two attached hydrogens (primary N) is 2. The summed E-state index contributed by atoms with van der Waals surface area (Å²) >= 11 is 0. The van der Waals surface area contributed by atoms with Crippen LogP contribution in [0.2, 0.25) is 0 Å². The monoisotopic (exact) mass is 130 g/mol. The minimum Gasteiger partial charge on any atom is -0.403 e. The topological polar surface area (TPSA) is 61.3 Å². The Balaban J connectivity index is 3.59. The second-order valence-electron chi connectivity index (χ2n) is 1.76. The lowest BCUT2D eigenvalue weighted by molar-refractivity contribution is 0.100. The lowest BCUT2D eigenvalue weighted by Gasteiger charge is -2.09. The Bertz CT molecular complexity index is 101. The Morgan fingerprint density at radius 1 is 1.78 bits per heavy atom. The van der Waals surface area contributed by atoms with Gasteiger partial charge in [-0.15, -0.1) is 0 Å². The summed E-state index contributed by atoms with van der Waals surface area (Å²) in [5.41, 5.74) is 11.1. The van der Waals surface area contributed by atoms with Crippen LogP contribution in [0.5, 0.6) is 0 Å². The first-order chi connectivity index (χ1) is 4.22. The summed E-state index contributed by atoms with van der Waals surface area (Å²) in [4.78, 5) is 0. The van der Waals surface area contributed by atoms with Crippen LogP contribution < -0.4 is 11.5 Å². The zero-order valence-electron chi connectivity index (χ0n) is 5.92. The van der Waals surface area contributed by atoms with Gasteiger partial charge in [-0.3, -0.25) is 0 Å². The van der Waals surface area contributed by atoms with E-state index < -0.39 is 0 Å². The van der Waals surface area contributed by atoms with Gasteiger partial charge in [0.2, 0.25) is 0 Å². The van der Waals surface area contributed by atoms with Crippen LogP contribution >= 0.6 is 0 Å². The third kappa shape index (κ3) is 2.98. The molecule has 0 aliphatic carbocycles. The van der Waals surface area contributed by atoms with Gasteiger partial charge in [0.15, 0.2) is 0 Å². The highest BCUT2D eigenvalue weighted by atomic mass is 16.5. The van der Waals surface area contributed by atoms with Crippen molar-refractivity contribution in [3.05, 3.63) is 11.9 Å². The minimum absolute atomic E-state index is 0.0556. The SMILES string of the molecule is CCO[C@@H](C)/C(N)=C/N. The van der Waals surface area contributed by atoms with Crippen molar-refractivity contribution in [2.45, 2.75) is 20.0 Å². The van der Waals surface area contributed by atoms with E-state index in [1.54, 1.807) is 0 Å². The highest BCUT2D eigenvalue weighted by Crippen LogP contribution is 1.96. The van der Waals surface area contributed by atoms with Gasteiger partial charge in [0.25, 0.3) is 0 Å². The van der Waals surface area contributed by atoms with Crippen LogP contribution in [-0.4, -0.2) is 12.7 Å². The molecule has 0 fully saturated rings. The van der Waals surface area contributed by atoms with Gasteiger partial charge >= 0.3 is 0 Å². The van der Waals surface area contributed by atoms with E-state index in [9.17, 15) is 0 Å². The number of hydrogen-bond acceptors (Lipinski definition) is 3. The fourth-order valence-corrected chi connectivity index (χ4v) is 0.482. The molecule has 0 aromatic heterocycles. The van der Waals surface area contributed by atoms with Crippen molar-refractivity contribution in [1.82, 2.24) is 0 Å². The molecule has 0 aromatic carbocycles. The molecule has 0 rings (SSSR count). The highest BCUT2D eigenvalue weighted by molar-refractivity contribution is 4.98. The molecular weight excluding hydrogens is 116 g/mol. The molecule has 0 bridgehead atoms. The predicted molar refractivity (Wildman–Crippen MR) is 37.5 cm³/mol. The van der Waals surface area contributed by atoms with E-state index in [0.717, 1.165) is 0 Å². The Morgan fingerprint density at radius 3 is 2.67 bits per heavy atom. The first kappa shape index (κ1) is 8.30. The van der Waals surface area contributed by atoms with Crippen LogP contribution in [0, 0.1) is 0 Å². The van der Waals surface area contributed by atoms with Crippen molar-refractivity contribution in [2.75, 3.05) is 6.61 Å². The van der Waals surface area contributed by atoms with Crippen molar-refractivity contribution >= 4 is 0 Å². The lowest BCUT2D eigenvalue weighted by atomic mass is 10.3. The summed E-state index contributed by atoms with van der Waals surface area (Å²) in [6.07, 6.45) is 1.31. The molecule has 0 aromatic rings. The molecule has 0 spiro atoms. The molecular formula is C6H14N2O. The molecule has 1 atom stereocenters. The maximum absolute atomic E-state index is 5.41. The van der Waals surface area contributed by atoms with E-state index in [4.69, 9.17) is 16.2 Å². The molecule has 0 aliphatic heterocycles. The number of rotatable bonds is 3. The zero-order chi connectivity index (χ0) is 7.28. The quantitative estimate of drug-likeness (QED) is 0.572. The van der Waals surface area contributed by atoms with Gasteiger partial charge in [0.05, 0.1) is 11.8 Å². The molecule has 4 N–H and O–H groups in total. The second kappa shape index (κ2) is 4.21. The Kier molecular flexibility index (Phi) is 3.88. The van der Waals surface area contributed by atoms with Crippen LogP contribution in [0.15, 0.2) is 11.9 Å². The van der Waals surface area contributed by atoms with Gasteiger partial charge < -0.3 is 16.2 Å². The van der Waals surface area contributed by atoms with Crippen molar-refractivity contribution in [2.24, 2.45) is 11.5 Å². The van der Waals surface area contributed by atoms with Gasteiger partial charge in [0, 0.05) is 12.8 Å². The van der Waals surface area contributed by atoms with Crippen molar-refractivity contribution in [1.29, 1.82) is 0 Å². The second-order valence-corrected chi connectivity index (χ2v) is 1.76. The number of ether oxygens (including phenoxy) is 1. The standard InChI is InChI=1S/C6H14N2O/c1-3-9-5(2)6(8)4-7/h4-5H,3,7-8H2,1-2H3/b6-4-/t5-/m0/s1. The summed E-state index contributed by atoms with van der Waals surface area (Å²) < 4.78 is 5.12. The van der Waals surface area contributed by atoms with Gasteiger partial charge in [-0.1, -0.05) is 0 Å². The summed E-state index contributed by atoms with van der Waals surface area (Å²) in [7, 11) is 0.